The Labute approximate surface area is 176 Å². The van der Waals surface area contributed by atoms with Gasteiger partial charge in [-0.05, 0) is 60.1 Å². The number of pyridine rings is 1. The molecule has 0 bridgehead atoms. The number of anilines is 1. The van der Waals surface area contributed by atoms with Gasteiger partial charge in [0.2, 0.25) is 11.9 Å². The SMILES string of the molecule is C[C@@H]1CC(C(=O)Nc2cccc(-c3ccccc3)c2)C[C@H](N)Cc2c1ccnc2F. The summed E-state index contributed by atoms with van der Waals surface area (Å²) in [6.07, 6.45) is 3.02. The van der Waals surface area contributed by atoms with E-state index in [4.69, 9.17) is 5.73 Å². The topological polar surface area (TPSA) is 68.0 Å². The number of benzene rings is 2. The van der Waals surface area contributed by atoms with Crippen molar-refractivity contribution in [1.82, 2.24) is 4.98 Å². The van der Waals surface area contributed by atoms with E-state index in [0.29, 0.717) is 24.8 Å². The molecule has 4 nitrogen and oxygen atoms in total. The largest absolute Gasteiger partial charge is 0.327 e. The van der Waals surface area contributed by atoms with Crippen LogP contribution in [0.25, 0.3) is 11.1 Å². The summed E-state index contributed by atoms with van der Waals surface area (Å²) < 4.78 is 14.2. The van der Waals surface area contributed by atoms with Crippen LogP contribution in [0.2, 0.25) is 0 Å². The zero-order valence-corrected chi connectivity index (χ0v) is 17.0. The van der Waals surface area contributed by atoms with E-state index >= 15 is 0 Å². The lowest BCUT2D eigenvalue weighted by molar-refractivity contribution is -0.120. The number of hydrogen-bond acceptors (Lipinski definition) is 3. The maximum Gasteiger partial charge on any atom is 0.227 e. The number of fused-ring (bicyclic) bond motifs is 1. The third kappa shape index (κ3) is 4.41. The molecule has 0 fully saturated rings. The van der Waals surface area contributed by atoms with Crippen LogP contribution < -0.4 is 11.1 Å². The molecule has 3 N–H and O–H groups in total. The van der Waals surface area contributed by atoms with Crippen molar-refractivity contribution in [3.63, 3.8) is 0 Å². The minimum Gasteiger partial charge on any atom is -0.327 e. The summed E-state index contributed by atoms with van der Waals surface area (Å²) in [5.74, 6) is -0.674. The van der Waals surface area contributed by atoms with Gasteiger partial charge in [-0.1, -0.05) is 49.4 Å². The Hall–Kier alpha value is -3.05. The molecule has 1 unspecified atom stereocenters. The number of carbonyl (C=O) groups is 1. The summed E-state index contributed by atoms with van der Waals surface area (Å²) in [6.45, 7) is 2.03. The van der Waals surface area contributed by atoms with Crippen LogP contribution in [0.1, 0.15) is 36.8 Å². The second-order valence-corrected chi connectivity index (χ2v) is 8.14. The van der Waals surface area contributed by atoms with Gasteiger partial charge < -0.3 is 11.1 Å². The Bertz CT molecular complexity index is 1040. The molecule has 0 saturated heterocycles. The van der Waals surface area contributed by atoms with Crippen LogP contribution in [0.5, 0.6) is 0 Å². The van der Waals surface area contributed by atoms with E-state index in [1.165, 1.54) is 6.20 Å². The number of nitrogens with zero attached hydrogens (tertiary/aromatic N) is 1. The Morgan fingerprint density at radius 1 is 1.07 bits per heavy atom. The quantitative estimate of drug-likeness (QED) is 0.611. The molecule has 3 aromatic rings. The van der Waals surface area contributed by atoms with Crippen LogP contribution in [0.15, 0.2) is 66.9 Å². The molecule has 5 heteroatoms. The van der Waals surface area contributed by atoms with Crippen LogP contribution in [-0.4, -0.2) is 16.9 Å². The van der Waals surface area contributed by atoms with Crippen molar-refractivity contribution < 1.29 is 9.18 Å². The molecule has 0 saturated carbocycles. The van der Waals surface area contributed by atoms with E-state index in [0.717, 1.165) is 22.4 Å². The summed E-state index contributed by atoms with van der Waals surface area (Å²) in [5.41, 5.74) is 10.7. The van der Waals surface area contributed by atoms with Gasteiger partial charge in [0.25, 0.3) is 0 Å². The van der Waals surface area contributed by atoms with E-state index in [9.17, 15) is 9.18 Å². The van der Waals surface area contributed by atoms with Crippen LogP contribution in [0, 0.1) is 11.9 Å². The van der Waals surface area contributed by atoms with Crippen LogP contribution >= 0.6 is 0 Å². The predicted octanol–water partition coefficient (Wildman–Crippen LogP) is 4.91. The summed E-state index contributed by atoms with van der Waals surface area (Å²) in [7, 11) is 0. The standard InChI is InChI=1S/C25H26FN3O/c1-16-12-19(13-20(27)15-23-22(16)10-11-28-24(23)26)25(30)29-21-9-5-8-18(14-21)17-6-3-2-4-7-17/h2-11,14,16,19-20H,12-13,15,27H2,1H3,(H,29,30)/t16-,19?,20+/m1/s1. The van der Waals surface area contributed by atoms with E-state index in [-0.39, 0.29) is 23.8 Å². The fourth-order valence-electron chi connectivity index (χ4n) is 4.37. The smallest absolute Gasteiger partial charge is 0.227 e. The number of nitrogens with one attached hydrogen (secondary N) is 1. The minimum atomic E-state index is -0.449. The highest BCUT2D eigenvalue weighted by atomic mass is 19.1. The number of nitrogens with two attached hydrogens (primary N) is 1. The molecule has 2 aromatic carbocycles. The highest BCUT2D eigenvalue weighted by molar-refractivity contribution is 5.93. The molecular formula is C25H26FN3O. The number of rotatable bonds is 3. The summed E-state index contributed by atoms with van der Waals surface area (Å²) in [6, 6.07) is 19.5. The molecule has 1 aliphatic rings. The minimum absolute atomic E-state index is 0.0412. The van der Waals surface area contributed by atoms with Crippen LogP contribution in [0.4, 0.5) is 10.1 Å². The lowest BCUT2D eigenvalue weighted by Crippen LogP contribution is -2.35. The molecule has 1 amide bonds. The van der Waals surface area contributed by atoms with E-state index in [2.05, 4.69) is 10.3 Å². The normalized spacial score (nSPS) is 21.2. The van der Waals surface area contributed by atoms with E-state index in [1.807, 2.05) is 67.6 Å². The first-order valence-electron chi connectivity index (χ1n) is 10.4. The number of halogens is 1. The Morgan fingerprint density at radius 3 is 2.63 bits per heavy atom. The van der Waals surface area contributed by atoms with E-state index < -0.39 is 5.95 Å². The highest BCUT2D eigenvalue weighted by Gasteiger charge is 2.29. The summed E-state index contributed by atoms with van der Waals surface area (Å²) >= 11 is 0. The van der Waals surface area contributed by atoms with Gasteiger partial charge in [0.05, 0.1) is 0 Å². The summed E-state index contributed by atoms with van der Waals surface area (Å²) in [5, 5.41) is 3.07. The first-order valence-corrected chi connectivity index (χ1v) is 10.4. The fourth-order valence-corrected chi connectivity index (χ4v) is 4.37. The zero-order valence-electron chi connectivity index (χ0n) is 17.0. The molecule has 1 aliphatic carbocycles. The van der Waals surface area contributed by atoms with Gasteiger partial charge >= 0.3 is 0 Å². The first kappa shape index (κ1) is 20.2. The number of hydrogen-bond donors (Lipinski definition) is 2. The van der Waals surface area contributed by atoms with Crippen molar-refractivity contribution in [3.05, 3.63) is 83.9 Å². The summed E-state index contributed by atoms with van der Waals surface area (Å²) in [4.78, 5) is 16.9. The second-order valence-electron chi connectivity index (χ2n) is 8.14. The molecule has 0 aliphatic heterocycles. The van der Waals surface area contributed by atoms with E-state index in [1.54, 1.807) is 0 Å². The second kappa shape index (κ2) is 8.76. The molecule has 0 spiro atoms. The molecule has 154 valence electrons. The lowest BCUT2D eigenvalue weighted by Gasteiger charge is -2.28. The molecule has 0 radical (unpaired) electrons. The van der Waals surface area contributed by atoms with Gasteiger partial charge in [0.1, 0.15) is 0 Å². The Kier molecular flexibility index (Phi) is 5.91. The van der Waals surface area contributed by atoms with Crippen molar-refractivity contribution in [2.45, 2.75) is 38.1 Å². The number of aromatic nitrogens is 1. The van der Waals surface area contributed by atoms with Crippen molar-refractivity contribution in [1.29, 1.82) is 0 Å². The molecule has 1 heterocycles. The van der Waals surface area contributed by atoms with Gasteiger partial charge in [-0.15, -0.1) is 0 Å². The predicted molar refractivity (Wildman–Crippen MR) is 118 cm³/mol. The van der Waals surface area contributed by atoms with Crippen LogP contribution in [0.3, 0.4) is 0 Å². The maximum absolute atomic E-state index is 14.2. The molecule has 1 aromatic heterocycles. The van der Waals surface area contributed by atoms with Gasteiger partial charge in [0, 0.05) is 29.4 Å². The molecule has 4 rings (SSSR count). The van der Waals surface area contributed by atoms with Crippen LogP contribution in [-0.2, 0) is 11.2 Å². The number of carbonyl (C=O) groups excluding carboxylic acids is 1. The molecule has 3 atom stereocenters. The number of amides is 1. The van der Waals surface area contributed by atoms with Crippen molar-refractivity contribution in [3.8, 4) is 11.1 Å². The fraction of sp³-hybridized carbons (Fsp3) is 0.280. The highest BCUT2D eigenvalue weighted by Crippen LogP contribution is 2.33. The monoisotopic (exact) mass is 403 g/mol. The average molecular weight is 404 g/mol. The van der Waals surface area contributed by atoms with Gasteiger partial charge in [0.15, 0.2) is 0 Å². The Balaban J connectivity index is 1.53. The van der Waals surface area contributed by atoms with Gasteiger partial charge in [-0.2, -0.15) is 4.39 Å². The van der Waals surface area contributed by atoms with Crippen molar-refractivity contribution >= 4 is 11.6 Å². The zero-order chi connectivity index (χ0) is 21.1. The maximum atomic E-state index is 14.2. The van der Waals surface area contributed by atoms with Gasteiger partial charge in [-0.25, -0.2) is 4.98 Å². The molecular weight excluding hydrogens is 377 g/mol. The third-order valence-electron chi connectivity index (χ3n) is 5.87. The van der Waals surface area contributed by atoms with Crippen molar-refractivity contribution in [2.75, 3.05) is 5.32 Å². The average Bonchev–Trinajstić information content (AvgIpc) is 2.74. The first-order chi connectivity index (χ1) is 14.5. The molecule has 30 heavy (non-hydrogen) atoms. The lowest BCUT2D eigenvalue weighted by atomic mass is 9.80. The Morgan fingerprint density at radius 2 is 1.83 bits per heavy atom. The van der Waals surface area contributed by atoms with Crippen molar-refractivity contribution in [2.24, 2.45) is 11.7 Å². The third-order valence-corrected chi connectivity index (χ3v) is 5.87. The van der Waals surface area contributed by atoms with Gasteiger partial charge in [-0.3, -0.25) is 4.79 Å².